The highest BCUT2D eigenvalue weighted by Crippen LogP contribution is 2.62. The zero-order chi connectivity index (χ0) is 11.5. The molecule has 3 rings (SSSR count). The summed E-state index contributed by atoms with van der Waals surface area (Å²) in [5, 5.41) is 1.33. The van der Waals surface area contributed by atoms with Crippen LogP contribution in [0.2, 0.25) is 10.0 Å². The van der Waals surface area contributed by atoms with Crippen LogP contribution in [0.3, 0.4) is 0 Å². The molecule has 3 atom stereocenters. The molecule has 1 aromatic rings. The molecule has 1 aliphatic carbocycles. The third-order valence-corrected chi connectivity index (χ3v) is 5.26. The third kappa shape index (κ3) is 1.28. The van der Waals surface area contributed by atoms with Gasteiger partial charge in [-0.3, -0.25) is 0 Å². The number of fused-ring (bicyclic) bond motifs is 1. The lowest BCUT2D eigenvalue weighted by molar-refractivity contribution is 0.273. The first-order chi connectivity index (χ1) is 7.55. The molecule has 2 aliphatic rings. The van der Waals surface area contributed by atoms with Gasteiger partial charge in [0.1, 0.15) is 0 Å². The van der Waals surface area contributed by atoms with Gasteiger partial charge in [0.05, 0.1) is 10.0 Å². The van der Waals surface area contributed by atoms with E-state index in [4.69, 9.17) is 23.2 Å². The first-order valence-corrected chi connectivity index (χ1v) is 6.47. The van der Waals surface area contributed by atoms with Crippen LogP contribution in [0, 0.1) is 5.92 Å². The average Bonchev–Trinajstić information content (AvgIpc) is 2.90. The minimum absolute atomic E-state index is 0.350. The third-order valence-electron chi connectivity index (χ3n) is 4.52. The average molecular weight is 256 g/mol. The summed E-state index contributed by atoms with van der Waals surface area (Å²) in [7, 11) is 2.20. The normalized spacial score (nSPS) is 37.5. The quantitative estimate of drug-likeness (QED) is 0.742. The van der Waals surface area contributed by atoms with Crippen LogP contribution in [0.15, 0.2) is 18.2 Å². The molecule has 0 amide bonds. The van der Waals surface area contributed by atoms with Crippen LogP contribution in [-0.2, 0) is 5.41 Å². The van der Waals surface area contributed by atoms with Gasteiger partial charge in [0.2, 0.25) is 0 Å². The summed E-state index contributed by atoms with van der Waals surface area (Å²) in [6.45, 7) is 3.52. The van der Waals surface area contributed by atoms with E-state index in [0.717, 1.165) is 5.92 Å². The van der Waals surface area contributed by atoms with E-state index >= 15 is 0 Å². The monoisotopic (exact) mass is 255 g/mol. The SMILES string of the molecule is CC1N(C)C[C@@H]2C[C@@]12c1ccc(Cl)c(Cl)c1. The Morgan fingerprint density at radius 3 is 2.62 bits per heavy atom. The van der Waals surface area contributed by atoms with Crippen molar-refractivity contribution in [3.63, 3.8) is 0 Å². The second-order valence-electron chi connectivity index (χ2n) is 5.19. The topological polar surface area (TPSA) is 3.24 Å². The van der Waals surface area contributed by atoms with Crippen LogP contribution in [-0.4, -0.2) is 24.5 Å². The molecule has 1 saturated carbocycles. The molecule has 16 heavy (non-hydrogen) atoms. The van der Waals surface area contributed by atoms with Crippen molar-refractivity contribution in [2.75, 3.05) is 13.6 Å². The second-order valence-corrected chi connectivity index (χ2v) is 6.00. The number of halogens is 2. The predicted molar refractivity (Wildman–Crippen MR) is 68.3 cm³/mol. The Balaban J connectivity index is 2.02. The number of hydrogen-bond donors (Lipinski definition) is 0. The van der Waals surface area contributed by atoms with Crippen molar-refractivity contribution in [1.82, 2.24) is 4.90 Å². The Hall–Kier alpha value is -0.240. The molecule has 1 aliphatic heterocycles. The van der Waals surface area contributed by atoms with Gasteiger partial charge in [-0.2, -0.15) is 0 Å². The molecule has 1 heterocycles. The summed E-state index contributed by atoms with van der Waals surface area (Å²) in [6, 6.07) is 6.73. The Bertz CT molecular complexity index is 446. The fraction of sp³-hybridized carbons (Fsp3) is 0.538. The minimum atomic E-state index is 0.350. The Labute approximate surface area is 106 Å². The van der Waals surface area contributed by atoms with E-state index in [1.807, 2.05) is 6.07 Å². The summed E-state index contributed by atoms with van der Waals surface area (Å²) >= 11 is 12.1. The molecule has 1 nitrogen and oxygen atoms in total. The van der Waals surface area contributed by atoms with Crippen molar-refractivity contribution < 1.29 is 0 Å². The lowest BCUT2D eigenvalue weighted by Crippen LogP contribution is -2.33. The van der Waals surface area contributed by atoms with Crippen molar-refractivity contribution in [2.24, 2.45) is 5.92 Å². The Morgan fingerprint density at radius 1 is 1.31 bits per heavy atom. The van der Waals surface area contributed by atoms with Crippen LogP contribution in [0.25, 0.3) is 0 Å². The maximum absolute atomic E-state index is 6.11. The van der Waals surface area contributed by atoms with Gasteiger partial charge in [0.15, 0.2) is 0 Å². The fourth-order valence-electron chi connectivity index (χ4n) is 3.37. The number of benzene rings is 1. The van der Waals surface area contributed by atoms with Gasteiger partial charge in [0, 0.05) is 18.0 Å². The smallest absolute Gasteiger partial charge is 0.0595 e. The molecular weight excluding hydrogens is 241 g/mol. The van der Waals surface area contributed by atoms with Crippen LogP contribution in [0.5, 0.6) is 0 Å². The van der Waals surface area contributed by atoms with Gasteiger partial charge in [0.25, 0.3) is 0 Å². The molecule has 1 aromatic carbocycles. The van der Waals surface area contributed by atoms with Gasteiger partial charge >= 0.3 is 0 Å². The van der Waals surface area contributed by atoms with Gasteiger partial charge in [-0.05, 0) is 44.0 Å². The zero-order valence-electron chi connectivity index (χ0n) is 9.50. The van der Waals surface area contributed by atoms with E-state index in [0.29, 0.717) is 21.5 Å². The lowest BCUT2D eigenvalue weighted by Gasteiger charge is -2.26. The highest BCUT2D eigenvalue weighted by atomic mass is 35.5. The number of piperidine rings is 1. The highest BCUT2D eigenvalue weighted by Gasteiger charge is 2.64. The molecule has 0 spiro atoms. The largest absolute Gasteiger partial charge is 0.302 e. The van der Waals surface area contributed by atoms with E-state index in [-0.39, 0.29) is 0 Å². The second kappa shape index (κ2) is 3.38. The van der Waals surface area contributed by atoms with Crippen LogP contribution in [0.4, 0.5) is 0 Å². The number of nitrogens with zero attached hydrogens (tertiary/aromatic N) is 1. The van der Waals surface area contributed by atoms with Crippen molar-refractivity contribution in [2.45, 2.75) is 24.8 Å². The molecule has 1 unspecified atom stereocenters. The summed E-state index contributed by atoms with van der Waals surface area (Å²) in [5.74, 6) is 0.810. The Kier molecular flexibility index (Phi) is 2.30. The lowest BCUT2D eigenvalue weighted by atomic mass is 9.89. The van der Waals surface area contributed by atoms with Crippen molar-refractivity contribution >= 4 is 23.2 Å². The van der Waals surface area contributed by atoms with Crippen molar-refractivity contribution in [3.05, 3.63) is 33.8 Å². The van der Waals surface area contributed by atoms with Gasteiger partial charge in [-0.15, -0.1) is 0 Å². The number of rotatable bonds is 1. The van der Waals surface area contributed by atoms with Gasteiger partial charge in [-0.1, -0.05) is 29.3 Å². The molecule has 86 valence electrons. The van der Waals surface area contributed by atoms with Gasteiger partial charge in [-0.25, -0.2) is 0 Å². The molecular formula is C13H15Cl2N. The number of likely N-dealkylation sites (N-methyl/N-ethyl adjacent to an activating group) is 1. The predicted octanol–water partition coefficient (Wildman–Crippen LogP) is 3.59. The first kappa shape index (κ1) is 10.9. The minimum Gasteiger partial charge on any atom is -0.302 e. The van der Waals surface area contributed by atoms with E-state index in [9.17, 15) is 0 Å². The van der Waals surface area contributed by atoms with E-state index < -0.39 is 0 Å². The molecule has 0 aromatic heterocycles. The molecule has 0 radical (unpaired) electrons. The summed E-state index contributed by atoms with van der Waals surface area (Å²) < 4.78 is 0. The molecule has 1 saturated heterocycles. The van der Waals surface area contributed by atoms with Crippen LogP contribution in [0.1, 0.15) is 18.9 Å². The molecule has 3 heteroatoms. The standard InChI is InChI=1S/C13H15Cl2N/c1-8-13(6-10(13)7-16(8)2)9-3-4-11(14)12(15)5-9/h3-5,8,10H,6-7H2,1-2H3/t8?,10-,13-/m0/s1. The van der Waals surface area contributed by atoms with Crippen LogP contribution < -0.4 is 0 Å². The van der Waals surface area contributed by atoms with E-state index in [2.05, 4.69) is 31.0 Å². The van der Waals surface area contributed by atoms with E-state index in [1.165, 1.54) is 18.5 Å². The maximum Gasteiger partial charge on any atom is 0.0595 e. The molecule has 0 bridgehead atoms. The zero-order valence-corrected chi connectivity index (χ0v) is 11.0. The number of hydrogen-bond acceptors (Lipinski definition) is 1. The summed E-state index contributed by atoms with van der Waals surface area (Å²) in [4.78, 5) is 2.44. The maximum atomic E-state index is 6.11. The first-order valence-electron chi connectivity index (χ1n) is 5.71. The van der Waals surface area contributed by atoms with Crippen molar-refractivity contribution in [1.29, 1.82) is 0 Å². The number of likely N-dealkylation sites (tertiary alicyclic amines) is 1. The van der Waals surface area contributed by atoms with Gasteiger partial charge < -0.3 is 4.90 Å². The van der Waals surface area contributed by atoms with Crippen molar-refractivity contribution in [3.8, 4) is 0 Å². The van der Waals surface area contributed by atoms with Crippen LogP contribution >= 0.6 is 23.2 Å². The Morgan fingerprint density at radius 2 is 2.06 bits per heavy atom. The highest BCUT2D eigenvalue weighted by molar-refractivity contribution is 6.42. The van der Waals surface area contributed by atoms with E-state index in [1.54, 1.807) is 0 Å². The summed E-state index contributed by atoms with van der Waals surface area (Å²) in [6.07, 6.45) is 1.30. The molecule has 2 fully saturated rings. The fourth-order valence-corrected chi connectivity index (χ4v) is 3.67. The summed E-state index contributed by atoms with van der Waals surface area (Å²) in [5.41, 5.74) is 1.71. The molecule has 0 N–H and O–H groups in total.